The van der Waals surface area contributed by atoms with Crippen LogP contribution in [-0.4, -0.2) is 0 Å². The predicted octanol–water partition coefficient (Wildman–Crippen LogP) is 4.22. The molecule has 90 valence electrons. The standard InChI is InChI=1S/C15H19NS/c1-11-5-4-6-14(12(11)2)9-16-13(3)15-7-8-17-10-15/h4-8,10,13,16H,9H2,1-3H3. The number of nitrogens with one attached hydrogen (secondary N) is 1. The smallest absolute Gasteiger partial charge is 0.0303 e. The first-order valence-electron chi connectivity index (χ1n) is 5.99. The van der Waals surface area contributed by atoms with Crippen molar-refractivity contribution in [1.29, 1.82) is 0 Å². The SMILES string of the molecule is Cc1cccc(CNC(C)c2ccsc2)c1C. The average molecular weight is 245 g/mol. The summed E-state index contributed by atoms with van der Waals surface area (Å²) in [5.74, 6) is 0. The largest absolute Gasteiger partial charge is 0.306 e. The second-order valence-electron chi connectivity index (χ2n) is 4.52. The van der Waals surface area contributed by atoms with Crippen LogP contribution in [0.5, 0.6) is 0 Å². The first-order chi connectivity index (χ1) is 8.18. The van der Waals surface area contributed by atoms with Crippen LogP contribution in [0.3, 0.4) is 0 Å². The molecule has 0 fully saturated rings. The molecule has 0 saturated carbocycles. The summed E-state index contributed by atoms with van der Waals surface area (Å²) in [5.41, 5.74) is 5.54. The van der Waals surface area contributed by atoms with E-state index in [0.29, 0.717) is 6.04 Å². The molecule has 1 unspecified atom stereocenters. The molecule has 1 heterocycles. The summed E-state index contributed by atoms with van der Waals surface area (Å²) < 4.78 is 0. The van der Waals surface area contributed by atoms with Crippen molar-refractivity contribution in [1.82, 2.24) is 5.32 Å². The van der Waals surface area contributed by atoms with E-state index >= 15 is 0 Å². The van der Waals surface area contributed by atoms with E-state index in [-0.39, 0.29) is 0 Å². The van der Waals surface area contributed by atoms with Gasteiger partial charge in [0.25, 0.3) is 0 Å². The van der Waals surface area contributed by atoms with Crippen LogP contribution in [0.15, 0.2) is 35.0 Å². The third kappa shape index (κ3) is 2.96. The zero-order chi connectivity index (χ0) is 12.3. The lowest BCUT2D eigenvalue weighted by atomic mass is 10.0. The fourth-order valence-electron chi connectivity index (χ4n) is 1.91. The van der Waals surface area contributed by atoms with E-state index in [2.05, 4.69) is 61.1 Å². The molecule has 0 saturated heterocycles. The Bertz CT molecular complexity index is 474. The molecule has 0 aliphatic carbocycles. The lowest BCUT2D eigenvalue weighted by Gasteiger charge is -2.14. The number of hydrogen-bond donors (Lipinski definition) is 1. The Balaban J connectivity index is 2.00. The molecule has 0 bridgehead atoms. The van der Waals surface area contributed by atoms with Crippen LogP contribution in [-0.2, 0) is 6.54 Å². The summed E-state index contributed by atoms with van der Waals surface area (Å²) in [5, 5.41) is 7.92. The van der Waals surface area contributed by atoms with E-state index < -0.39 is 0 Å². The van der Waals surface area contributed by atoms with E-state index in [0.717, 1.165) is 6.54 Å². The summed E-state index contributed by atoms with van der Waals surface area (Å²) >= 11 is 1.76. The van der Waals surface area contributed by atoms with Gasteiger partial charge in [0.15, 0.2) is 0 Å². The zero-order valence-corrected chi connectivity index (χ0v) is 11.5. The molecule has 1 aromatic heterocycles. The fourth-order valence-corrected chi connectivity index (χ4v) is 2.66. The molecule has 2 aromatic rings. The Labute approximate surface area is 108 Å². The summed E-state index contributed by atoms with van der Waals surface area (Å²) in [7, 11) is 0. The third-order valence-corrected chi connectivity index (χ3v) is 4.06. The minimum atomic E-state index is 0.418. The molecule has 1 nitrogen and oxygen atoms in total. The maximum absolute atomic E-state index is 3.58. The van der Waals surface area contributed by atoms with Crippen LogP contribution in [0.2, 0.25) is 0 Å². The molecule has 1 aromatic carbocycles. The first kappa shape index (κ1) is 12.3. The van der Waals surface area contributed by atoms with Gasteiger partial charge in [-0.3, -0.25) is 0 Å². The van der Waals surface area contributed by atoms with Crippen molar-refractivity contribution in [3.63, 3.8) is 0 Å². The number of thiophene rings is 1. The molecule has 1 atom stereocenters. The number of hydrogen-bond acceptors (Lipinski definition) is 2. The van der Waals surface area contributed by atoms with Crippen molar-refractivity contribution in [2.45, 2.75) is 33.4 Å². The van der Waals surface area contributed by atoms with Crippen molar-refractivity contribution in [2.75, 3.05) is 0 Å². The Morgan fingerprint density at radius 1 is 1.24 bits per heavy atom. The molecular formula is C15H19NS. The molecule has 0 spiro atoms. The van der Waals surface area contributed by atoms with Gasteiger partial charge in [0, 0.05) is 12.6 Å². The van der Waals surface area contributed by atoms with Crippen molar-refractivity contribution in [3.05, 3.63) is 57.3 Å². The highest BCUT2D eigenvalue weighted by molar-refractivity contribution is 7.07. The molecule has 1 N–H and O–H groups in total. The Kier molecular flexibility index (Phi) is 3.97. The Hall–Kier alpha value is -1.12. The van der Waals surface area contributed by atoms with E-state index in [1.165, 1.54) is 22.3 Å². The number of rotatable bonds is 4. The normalized spacial score (nSPS) is 12.6. The molecule has 2 heteroatoms. The van der Waals surface area contributed by atoms with E-state index in [9.17, 15) is 0 Å². The minimum absolute atomic E-state index is 0.418. The van der Waals surface area contributed by atoms with Crippen LogP contribution < -0.4 is 5.32 Å². The fraction of sp³-hybridized carbons (Fsp3) is 0.333. The van der Waals surface area contributed by atoms with Crippen LogP contribution in [0.25, 0.3) is 0 Å². The molecule has 2 rings (SSSR count). The Morgan fingerprint density at radius 3 is 2.76 bits per heavy atom. The van der Waals surface area contributed by atoms with E-state index in [1.807, 2.05) is 0 Å². The lowest BCUT2D eigenvalue weighted by molar-refractivity contribution is 0.575. The quantitative estimate of drug-likeness (QED) is 0.850. The summed E-state index contributed by atoms with van der Waals surface area (Å²) in [6.45, 7) is 7.51. The summed E-state index contributed by atoms with van der Waals surface area (Å²) in [4.78, 5) is 0. The van der Waals surface area contributed by atoms with Gasteiger partial charge in [-0.25, -0.2) is 0 Å². The van der Waals surface area contributed by atoms with Gasteiger partial charge < -0.3 is 5.32 Å². The van der Waals surface area contributed by atoms with Crippen LogP contribution in [0.1, 0.15) is 35.2 Å². The molecule has 17 heavy (non-hydrogen) atoms. The second kappa shape index (κ2) is 5.48. The third-order valence-electron chi connectivity index (χ3n) is 3.36. The summed E-state index contributed by atoms with van der Waals surface area (Å²) in [6.07, 6.45) is 0. The lowest BCUT2D eigenvalue weighted by Crippen LogP contribution is -2.18. The zero-order valence-electron chi connectivity index (χ0n) is 10.7. The highest BCUT2D eigenvalue weighted by Gasteiger charge is 2.06. The number of benzene rings is 1. The van der Waals surface area contributed by atoms with Gasteiger partial charge >= 0.3 is 0 Å². The van der Waals surface area contributed by atoms with Crippen LogP contribution >= 0.6 is 11.3 Å². The van der Waals surface area contributed by atoms with Crippen LogP contribution in [0, 0.1) is 13.8 Å². The van der Waals surface area contributed by atoms with Gasteiger partial charge in [-0.1, -0.05) is 18.2 Å². The van der Waals surface area contributed by atoms with Gasteiger partial charge in [0.1, 0.15) is 0 Å². The van der Waals surface area contributed by atoms with E-state index in [4.69, 9.17) is 0 Å². The first-order valence-corrected chi connectivity index (χ1v) is 6.93. The molecule has 0 amide bonds. The Morgan fingerprint density at radius 2 is 2.06 bits per heavy atom. The topological polar surface area (TPSA) is 12.0 Å². The molecule has 0 aliphatic heterocycles. The van der Waals surface area contributed by atoms with Gasteiger partial charge in [-0.05, 0) is 59.9 Å². The highest BCUT2D eigenvalue weighted by Crippen LogP contribution is 2.18. The number of aryl methyl sites for hydroxylation is 1. The molecule has 0 aliphatic rings. The van der Waals surface area contributed by atoms with Gasteiger partial charge in [-0.15, -0.1) is 0 Å². The molecule has 0 radical (unpaired) electrons. The monoisotopic (exact) mass is 245 g/mol. The van der Waals surface area contributed by atoms with Crippen molar-refractivity contribution < 1.29 is 0 Å². The van der Waals surface area contributed by atoms with Crippen LogP contribution in [0.4, 0.5) is 0 Å². The predicted molar refractivity (Wildman–Crippen MR) is 75.5 cm³/mol. The van der Waals surface area contributed by atoms with Crippen molar-refractivity contribution in [3.8, 4) is 0 Å². The van der Waals surface area contributed by atoms with Gasteiger partial charge in [0.05, 0.1) is 0 Å². The van der Waals surface area contributed by atoms with Crippen molar-refractivity contribution in [2.24, 2.45) is 0 Å². The van der Waals surface area contributed by atoms with Gasteiger partial charge in [-0.2, -0.15) is 11.3 Å². The van der Waals surface area contributed by atoms with Crippen molar-refractivity contribution >= 4 is 11.3 Å². The van der Waals surface area contributed by atoms with E-state index in [1.54, 1.807) is 11.3 Å². The molecular weight excluding hydrogens is 226 g/mol. The second-order valence-corrected chi connectivity index (χ2v) is 5.30. The minimum Gasteiger partial charge on any atom is -0.306 e. The maximum Gasteiger partial charge on any atom is 0.0303 e. The highest BCUT2D eigenvalue weighted by atomic mass is 32.1. The summed E-state index contributed by atoms with van der Waals surface area (Å²) in [6, 6.07) is 9.11. The van der Waals surface area contributed by atoms with Gasteiger partial charge in [0.2, 0.25) is 0 Å². The average Bonchev–Trinajstić information content (AvgIpc) is 2.84. The maximum atomic E-state index is 3.58.